The minimum Gasteiger partial charge on any atom is -0.351 e. The Hall–Kier alpha value is -2.20. The monoisotopic (exact) mass is 435 g/mol. The van der Waals surface area contributed by atoms with E-state index in [4.69, 9.17) is 4.52 Å². The quantitative estimate of drug-likeness (QED) is 0.772. The van der Waals surface area contributed by atoms with Crippen LogP contribution in [0.1, 0.15) is 72.8 Å². The number of nitrogens with one attached hydrogen (secondary N) is 1. The highest BCUT2D eigenvalue weighted by Gasteiger charge is 2.34. The summed E-state index contributed by atoms with van der Waals surface area (Å²) < 4.78 is 34.5. The lowest BCUT2D eigenvalue weighted by Crippen LogP contribution is -2.39. The van der Waals surface area contributed by atoms with Crippen molar-refractivity contribution in [2.75, 3.05) is 13.1 Å². The highest BCUT2D eigenvalue weighted by atomic mass is 32.2. The van der Waals surface area contributed by atoms with E-state index in [0.717, 1.165) is 38.5 Å². The molecule has 1 saturated heterocycles. The average molecular weight is 436 g/mol. The molecule has 10 heteroatoms. The first kappa shape index (κ1) is 21.0. The van der Waals surface area contributed by atoms with Crippen molar-refractivity contribution in [3.63, 3.8) is 0 Å². The van der Waals surface area contributed by atoms with Crippen molar-refractivity contribution < 1.29 is 17.7 Å². The van der Waals surface area contributed by atoms with Crippen molar-refractivity contribution in [1.82, 2.24) is 24.6 Å². The fourth-order valence-corrected chi connectivity index (χ4v) is 6.07. The van der Waals surface area contributed by atoms with E-state index in [0.29, 0.717) is 24.5 Å². The van der Waals surface area contributed by atoms with Gasteiger partial charge in [0.25, 0.3) is 5.91 Å². The summed E-state index contributed by atoms with van der Waals surface area (Å²) in [5.41, 5.74) is 1.24. The van der Waals surface area contributed by atoms with E-state index in [2.05, 4.69) is 15.6 Å². The fourth-order valence-electron chi connectivity index (χ4n) is 4.36. The lowest BCUT2D eigenvalue weighted by atomic mass is 9.95. The van der Waals surface area contributed by atoms with Crippen LogP contribution in [-0.4, -0.2) is 52.7 Å². The second kappa shape index (κ2) is 8.50. The molecule has 2 aliphatic rings. The molecule has 0 bridgehead atoms. The van der Waals surface area contributed by atoms with Gasteiger partial charge in [0.15, 0.2) is 0 Å². The van der Waals surface area contributed by atoms with E-state index in [1.165, 1.54) is 16.9 Å². The third-order valence-corrected chi connectivity index (χ3v) is 8.27. The predicted octanol–water partition coefficient (Wildman–Crippen LogP) is 2.35. The Kier molecular flexibility index (Phi) is 5.97. The number of sulfonamides is 1. The summed E-state index contributed by atoms with van der Waals surface area (Å²) in [6.07, 6.45) is 8.40. The number of carbonyl (C=O) groups is 1. The summed E-state index contributed by atoms with van der Waals surface area (Å²) in [4.78, 5) is 12.7. The Morgan fingerprint density at radius 3 is 2.67 bits per heavy atom. The van der Waals surface area contributed by atoms with Gasteiger partial charge in [-0.1, -0.05) is 24.4 Å². The van der Waals surface area contributed by atoms with Gasteiger partial charge in [0.2, 0.25) is 15.8 Å². The molecule has 2 fully saturated rings. The zero-order chi connectivity index (χ0) is 21.3. The van der Waals surface area contributed by atoms with Gasteiger partial charge in [0, 0.05) is 38.2 Å². The highest BCUT2D eigenvalue weighted by molar-refractivity contribution is 7.89. The van der Waals surface area contributed by atoms with Gasteiger partial charge in [-0.2, -0.15) is 9.40 Å². The molecule has 9 nitrogen and oxygen atoms in total. The predicted molar refractivity (Wildman–Crippen MR) is 110 cm³/mol. The lowest BCUT2D eigenvalue weighted by Gasteiger charge is -2.30. The van der Waals surface area contributed by atoms with E-state index >= 15 is 0 Å². The van der Waals surface area contributed by atoms with Gasteiger partial charge < -0.3 is 9.84 Å². The molecule has 1 aliphatic carbocycles. The van der Waals surface area contributed by atoms with Crippen molar-refractivity contribution in [1.29, 1.82) is 0 Å². The van der Waals surface area contributed by atoms with Gasteiger partial charge in [-0.15, -0.1) is 0 Å². The van der Waals surface area contributed by atoms with Crippen LogP contribution >= 0.6 is 0 Å². The zero-order valence-corrected chi connectivity index (χ0v) is 18.3. The highest BCUT2D eigenvalue weighted by Crippen LogP contribution is 2.31. The average Bonchev–Trinajstić information content (AvgIpc) is 3.37. The van der Waals surface area contributed by atoms with Crippen LogP contribution in [-0.2, 0) is 17.1 Å². The lowest BCUT2D eigenvalue weighted by molar-refractivity contribution is 0.0890. The summed E-state index contributed by atoms with van der Waals surface area (Å²) in [6, 6.07) is 1.85. The number of aryl methyl sites for hydroxylation is 1. The normalized spacial score (nSPS) is 21.6. The van der Waals surface area contributed by atoms with Crippen LogP contribution in [0.25, 0.3) is 0 Å². The molecule has 164 valence electrons. The van der Waals surface area contributed by atoms with Crippen molar-refractivity contribution >= 4 is 15.9 Å². The Morgan fingerprint density at radius 1 is 1.20 bits per heavy atom. The molecule has 30 heavy (non-hydrogen) atoms. The summed E-state index contributed by atoms with van der Waals surface area (Å²) in [6.45, 7) is 2.52. The number of amides is 1. The van der Waals surface area contributed by atoms with Crippen molar-refractivity contribution in [2.24, 2.45) is 7.05 Å². The molecule has 1 amide bonds. The largest absolute Gasteiger partial charge is 0.351 e. The Morgan fingerprint density at radius 2 is 1.97 bits per heavy atom. The number of piperidine rings is 1. The summed E-state index contributed by atoms with van der Waals surface area (Å²) in [5.74, 6) is -0.156. The summed E-state index contributed by atoms with van der Waals surface area (Å²) in [5, 5.41) is 11.2. The van der Waals surface area contributed by atoms with Gasteiger partial charge in [-0.25, -0.2) is 8.42 Å². The van der Waals surface area contributed by atoms with Crippen LogP contribution < -0.4 is 5.32 Å². The number of carbonyl (C=O) groups excluding carboxylic acids is 1. The van der Waals surface area contributed by atoms with Crippen LogP contribution in [0.3, 0.4) is 0 Å². The number of hydrogen-bond donors (Lipinski definition) is 1. The van der Waals surface area contributed by atoms with Crippen LogP contribution in [0, 0.1) is 6.92 Å². The van der Waals surface area contributed by atoms with Crippen molar-refractivity contribution in [3.05, 3.63) is 29.4 Å². The van der Waals surface area contributed by atoms with Crippen molar-refractivity contribution in [3.8, 4) is 0 Å². The number of aromatic nitrogens is 3. The molecule has 2 aromatic heterocycles. The van der Waals surface area contributed by atoms with Crippen LogP contribution in [0.2, 0.25) is 0 Å². The molecule has 3 heterocycles. The number of nitrogens with zero attached hydrogens (tertiary/aromatic N) is 4. The van der Waals surface area contributed by atoms with Gasteiger partial charge in [0.1, 0.15) is 4.90 Å². The van der Waals surface area contributed by atoms with Crippen LogP contribution in [0.15, 0.2) is 21.7 Å². The second-order valence-electron chi connectivity index (χ2n) is 8.34. The molecular formula is C20H29N5O4S. The van der Waals surface area contributed by atoms with E-state index in [1.54, 1.807) is 24.7 Å². The van der Waals surface area contributed by atoms with Crippen LogP contribution in [0.4, 0.5) is 0 Å². The zero-order valence-electron chi connectivity index (χ0n) is 17.5. The van der Waals surface area contributed by atoms with Gasteiger partial charge in [-0.05, 0) is 32.6 Å². The summed E-state index contributed by atoms with van der Waals surface area (Å²) >= 11 is 0. The third kappa shape index (κ3) is 4.15. The first-order chi connectivity index (χ1) is 14.4. The smallest absolute Gasteiger partial charge is 0.290 e. The van der Waals surface area contributed by atoms with E-state index in [-0.39, 0.29) is 28.5 Å². The molecule has 0 unspecified atom stereocenters. The standard InChI is InChI=1S/C20H29N5O4S/c1-14-19(12-21-24(14)2)30(27,28)25-10-6-7-15(13-25)17-11-18(29-23-17)20(26)22-16-8-4-3-5-9-16/h11-12,15-16H,3-10,13H2,1-2H3,(H,22,26)/t15-/m1/s1. The van der Waals surface area contributed by atoms with E-state index in [9.17, 15) is 13.2 Å². The molecule has 0 spiro atoms. The fraction of sp³-hybridized carbons (Fsp3) is 0.650. The molecule has 2 aromatic rings. The van der Waals surface area contributed by atoms with Crippen molar-refractivity contribution in [2.45, 2.75) is 68.7 Å². The Labute approximate surface area is 176 Å². The number of rotatable bonds is 5. The van der Waals surface area contributed by atoms with Gasteiger partial charge in [0.05, 0.1) is 17.6 Å². The minimum atomic E-state index is -3.63. The molecule has 1 N–H and O–H groups in total. The van der Waals surface area contributed by atoms with Gasteiger partial charge in [-0.3, -0.25) is 9.48 Å². The van der Waals surface area contributed by atoms with Crippen LogP contribution in [0.5, 0.6) is 0 Å². The van der Waals surface area contributed by atoms with E-state index < -0.39 is 10.0 Å². The molecular weight excluding hydrogens is 406 g/mol. The Bertz CT molecular complexity index is 1010. The molecule has 1 saturated carbocycles. The molecule has 0 radical (unpaired) electrons. The molecule has 1 aliphatic heterocycles. The van der Waals surface area contributed by atoms with E-state index in [1.807, 2.05) is 0 Å². The first-order valence-corrected chi connectivity index (χ1v) is 12.1. The second-order valence-corrected chi connectivity index (χ2v) is 10.3. The maximum atomic E-state index is 13.1. The number of hydrogen-bond acceptors (Lipinski definition) is 6. The SMILES string of the molecule is Cc1c(S(=O)(=O)N2CCC[C@@H](c3cc(C(=O)NC4CCCCC4)on3)C2)cnn1C. The maximum Gasteiger partial charge on any atom is 0.290 e. The first-order valence-electron chi connectivity index (χ1n) is 10.6. The van der Waals surface area contributed by atoms with Gasteiger partial charge >= 0.3 is 0 Å². The molecule has 0 aromatic carbocycles. The minimum absolute atomic E-state index is 0.106. The molecule has 4 rings (SSSR count). The maximum absolute atomic E-state index is 13.1. The Balaban J connectivity index is 1.45. The molecule has 1 atom stereocenters. The topological polar surface area (TPSA) is 110 Å². The third-order valence-electron chi connectivity index (χ3n) is 6.30. The summed E-state index contributed by atoms with van der Waals surface area (Å²) in [7, 11) is -1.90.